The van der Waals surface area contributed by atoms with Crippen LogP contribution in [0.1, 0.15) is 5.56 Å². The molecule has 18 heavy (non-hydrogen) atoms. The van der Waals surface area contributed by atoms with Crippen molar-refractivity contribution in [3.63, 3.8) is 0 Å². The van der Waals surface area contributed by atoms with Crippen LogP contribution in [0.25, 0.3) is 11.6 Å². The van der Waals surface area contributed by atoms with Gasteiger partial charge >= 0.3 is 6.18 Å². The second-order valence-corrected chi connectivity index (χ2v) is 3.22. The Bertz CT molecular complexity index is 554. The number of aromatic nitrogens is 3. The quantitative estimate of drug-likeness (QED) is 0.884. The van der Waals surface area contributed by atoms with Gasteiger partial charge in [-0.2, -0.15) is 13.2 Å². The van der Waals surface area contributed by atoms with E-state index in [4.69, 9.17) is 10.2 Å². The van der Waals surface area contributed by atoms with Gasteiger partial charge in [0, 0.05) is 0 Å². The first-order chi connectivity index (χ1) is 8.43. The molecule has 0 spiro atoms. The molecule has 0 amide bonds. The van der Waals surface area contributed by atoms with Gasteiger partial charge in [0.25, 0.3) is 5.89 Å². The second-order valence-electron chi connectivity index (χ2n) is 3.22. The molecule has 0 aromatic carbocycles. The van der Waals surface area contributed by atoms with Crippen molar-refractivity contribution in [2.24, 2.45) is 0 Å². The van der Waals surface area contributed by atoms with E-state index in [1.54, 1.807) is 0 Å². The van der Waals surface area contributed by atoms with Crippen LogP contribution in [0.3, 0.4) is 0 Å². The fourth-order valence-corrected chi connectivity index (χ4v) is 1.32. The lowest BCUT2D eigenvalue weighted by molar-refractivity contribution is -0.139. The third kappa shape index (κ3) is 2.06. The number of methoxy groups -OCH3 is 1. The Morgan fingerprint density at radius 1 is 1.39 bits per heavy atom. The van der Waals surface area contributed by atoms with E-state index in [0.717, 1.165) is 13.5 Å². The van der Waals surface area contributed by atoms with Crippen LogP contribution in [0.2, 0.25) is 0 Å². The highest BCUT2D eigenvalue weighted by atomic mass is 19.4. The predicted octanol–water partition coefficient (Wildman–Crippen LogP) is 1.74. The van der Waals surface area contributed by atoms with Crippen LogP contribution in [0.5, 0.6) is 5.88 Å². The topological polar surface area (TPSA) is 87.1 Å². The molecule has 0 atom stereocenters. The van der Waals surface area contributed by atoms with Crippen LogP contribution in [0, 0.1) is 0 Å². The van der Waals surface area contributed by atoms with Gasteiger partial charge in [-0.15, -0.1) is 10.2 Å². The zero-order valence-corrected chi connectivity index (χ0v) is 9.02. The standard InChI is InChI=1S/C9H7F3N4O2/c1-17-7-4(9(10,11)12)2-5(13)6(15-7)8-16-14-3-18-8/h2-3H,13H2,1H3. The van der Waals surface area contributed by atoms with Gasteiger partial charge in [-0.25, -0.2) is 4.98 Å². The maximum Gasteiger partial charge on any atom is 0.421 e. The van der Waals surface area contributed by atoms with E-state index >= 15 is 0 Å². The number of pyridine rings is 1. The number of rotatable bonds is 2. The molecule has 2 rings (SSSR count). The lowest BCUT2D eigenvalue weighted by Gasteiger charge is -2.12. The summed E-state index contributed by atoms with van der Waals surface area (Å²) in [6, 6.07) is 0.714. The Morgan fingerprint density at radius 2 is 2.11 bits per heavy atom. The highest BCUT2D eigenvalue weighted by molar-refractivity contribution is 5.68. The Labute approximate surface area is 98.6 Å². The average Bonchev–Trinajstić information content (AvgIpc) is 2.81. The van der Waals surface area contributed by atoms with Crippen LogP contribution >= 0.6 is 0 Å². The van der Waals surface area contributed by atoms with Crippen molar-refractivity contribution in [1.29, 1.82) is 0 Å². The highest BCUT2D eigenvalue weighted by Crippen LogP contribution is 2.38. The number of ether oxygens (including phenoxy) is 1. The van der Waals surface area contributed by atoms with Crippen molar-refractivity contribution in [3.8, 4) is 17.5 Å². The van der Waals surface area contributed by atoms with Gasteiger partial charge < -0.3 is 14.9 Å². The molecule has 0 aliphatic heterocycles. The Hall–Kier alpha value is -2.32. The molecule has 2 aromatic heterocycles. The summed E-state index contributed by atoms with van der Waals surface area (Å²) in [5.74, 6) is -0.690. The SMILES string of the molecule is COc1nc(-c2nnco2)c(N)cc1C(F)(F)F. The van der Waals surface area contributed by atoms with E-state index in [2.05, 4.69) is 19.9 Å². The summed E-state index contributed by atoms with van der Waals surface area (Å²) in [6.07, 6.45) is -3.60. The smallest absolute Gasteiger partial charge is 0.421 e. The number of nitrogens with two attached hydrogens (primary N) is 1. The fourth-order valence-electron chi connectivity index (χ4n) is 1.32. The van der Waals surface area contributed by atoms with E-state index in [0.29, 0.717) is 6.07 Å². The Balaban J connectivity index is 2.60. The summed E-state index contributed by atoms with van der Waals surface area (Å²) >= 11 is 0. The monoisotopic (exact) mass is 260 g/mol. The summed E-state index contributed by atoms with van der Waals surface area (Å²) in [5, 5.41) is 6.91. The van der Waals surface area contributed by atoms with Crippen LogP contribution in [-0.4, -0.2) is 22.3 Å². The molecule has 0 saturated heterocycles. The number of hydrogen-bond donors (Lipinski definition) is 1. The summed E-state index contributed by atoms with van der Waals surface area (Å²) in [4.78, 5) is 3.64. The number of anilines is 1. The van der Waals surface area contributed by atoms with Crippen molar-refractivity contribution in [2.45, 2.75) is 6.18 Å². The Morgan fingerprint density at radius 3 is 2.61 bits per heavy atom. The van der Waals surface area contributed by atoms with E-state index in [1.165, 1.54) is 0 Å². The van der Waals surface area contributed by atoms with Gasteiger partial charge in [-0.3, -0.25) is 0 Å². The minimum Gasteiger partial charge on any atom is -0.481 e. The molecule has 96 valence electrons. The van der Waals surface area contributed by atoms with Gasteiger partial charge in [0.05, 0.1) is 12.8 Å². The first-order valence-electron chi connectivity index (χ1n) is 4.61. The molecule has 0 bridgehead atoms. The van der Waals surface area contributed by atoms with Crippen molar-refractivity contribution in [2.75, 3.05) is 12.8 Å². The molecular formula is C9H7F3N4O2. The predicted molar refractivity (Wildman–Crippen MR) is 53.5 cm³/mol. The fraction of sp³-hybridized carbons (Fsp3) is 0.222. The molecule has 0 fully saturated rings. The molecule has 2 aromatic rings. The molecule has 0 saturated carbocycles. The normalized spacial score (nSPS) is 11.6. The molecule has 0 radical (unpaired) electrons. The van der Waals surface area contributed by atoms with Gasteiger partial charge in [-0.05, 0) is 6.07 Å². The number of alkyl halides is 3. The number of nitrogens with zero attached hydrogens (tertiary/aromatic N) is 3. The van der Waals surface area contributed by atoms with Gasteiger partial charge in [0.1, 0.15) is 5.56 Å². The largest absolute Gasteiger partial charge is 0.481 e. The van der Waals surface area contributed by atoms with Gasteiger partial charge in [0.15, 0.2) is 5.69 Å². The first-order valence-corrected chi connectivity index (χ1v) is 4.61. The molecule has 0 aliphatic carbocycles. The minimum absolute atomic E-state index is 0.0580. The van der Waals surface area contributed by atoms with Crippen LogP contribution in [-0.2, 0) is 6.18 Å². The average molecular weight is 260 g/mol. The summed E-state index contributed by atoms with van der Waals surface area (Å²) in [5.41, 5.74) is 4.14. The molecule has 6 nitrogen and oxygen atoms in total. The van der Waals surface area contributed by atoms with Crippen molar-refractivity contribution >= 4 is 5.69 Å². The van der Waals surface area contributed by atoms with Crippen molar-refractivity contribution in [1.82, 2.24) is 15.2 Å². The molecule has 2 heterocycles. The van der Waals surface area contributed by atoms with Crippen LogP contribution in [0.4, 0.5) is 18.9 Å². The maximum atomic E-state index is 12.7. The van der Waals surface area contributed by atoms with E-state index in [1.807, 2.05) is 0 Å². The van der Waals surface area contributed by atoms with E-state index in [9.17, 15) is 13.2 Å². The third-order valence-electron chi connectivity index (χ3n) is 2.08. The summed E-state index contributed by atoms with van der Waals surface area (Å²) in [6.45, 7) is 0. The zero-order chi connectivity index (χ0) is 13.3. The number of halogens is 3. The highest BCUT2D eigenvalue weighted by Gasteiger charge is 2.36. The molecule has 0 aliphatic rings. The van der Waals surface area contributed by atoms with Crippen molar-refractivity contribution < 1.29 is 22.3 Å². The first kappa shape index (κ1) is 12.1. The zero-order valence-electron chi connectivity index (χ0n) is 9.02. The molecular weight excluding hydrogens is 253 g/mol. The van der Waals surface area contributed by atoms with Gasteiger partial charge in [-0.1, -0.05) is 0 Å². The molecule has 2 N–H and O–H groups in total. The molecule has 0 unspecified atom stereocenters. The van der Waals surface area contributed by atoms with Gasteiger partial charge in [0.2, 0.25) is 12.3 Å². The maximum absolute atomic E-state index is 12.7. The van der Waals surface area contributed by atoms with E-state index in [-0.39, 0.29) is 17.3 Å². The lowest BCUT2D eigenvalue weighted by atomic mass is 10.2. The third-order valence-corrected chi connectivity index (χ3v) is 2.08. The van der Waals surface area contributed by atoms with E-state index < -0.39 is 17.6 Å². The van der Waals surface area contributed by atoms with Crippen molar-refractivity contribution in [3.05, 3.63) is 18.0 Å². The number of nitrogen functional groups attached to an aromatic ring is 1. The Kier molecular flexibility index (Phi) is 2.81. The lowest BCUT2D eigenvalue weighted by Crippen LogP contribution is -2.11. The van der Waals surface area contributed by atoms with Crippen LogP contribution < -0.4 is 10.5 Å². The minimum atomic E-state index is -4.61. The second kappa shape index (κ2) is 4.17. The summed E-state index contributed by atoms with van der Waals surface area (Å²) < 4.78 is 47.4. The summed E-state index contributed by atoms with van der Waals surface area (Å²) in [7, 11) is 1.07. The van der Waals surface area contributed by atoms with Crippen LogP contribution in [0.15, 0.2) is 16.9 Å². The molecule has 9 heteroatoms. The number of hydrogen-bond acceptors (Lipinski definition) is 6.